The molecule has 0 bridgehead atoms. The third-order valence-electron chi connectivity index (χ3n) is 2.51. The van der Waals surface area contributed by atoms with E-state index in [4.69, 9.17) is 17.3 Å². The molecule has 76 valence electrons. The Labute approximate surface area is 88.1 Å². The largest absolute Gasteiger partial charge is 0.337 e. The minimum absolute atomic E-state index is 0.369. The van der Waals surface area contributed by atoms with Crippen LogP contribution in [0, 0.1) is 0 Å². The number of nitrogens with zero attached hydrogens (tertiary/aromatic N) is 3. The van der Waals surface area contributed by atoms with Crippen molar-refractivity contribution in [3.05, 3.63) is 17.4 Å². The van der Waals surface area contributed by atoms with Crippen LogP contribution in [0.5, 0.6) is 0 Å². The van der Waals surface area contributed by atoms with Gasteiger partial charge in [0.1, 0.15) is 5.15 Å². The summed E-state index contributed by atoms with van der Waals surface area (Å²) in [5.74, 6) is 0.699. The fourth-order valence-electron chi connectivity index (χ4n) is 1.81. The van der Waals surface area contributed by atoms with Gasteiger partial charge in [0.2, 0.25) is 5.95 Å². The zero-order valence-corrected chi connectivity index (χ0v) is 8.61. The maximum absolute atomic E-state index is 5.81. The topological polar surface area (TPSA) is 55.0 Å². The van der Waals surface area contributed by atoms with Crippen molar-refractivity contribution in [2.45, 2.75) is 18.9 Å². The Hall–Kier alpha value is -0.870. The van der Waals surface area contributed by atoms with E-state index in [1.54, 1.807) is 12.3 Å². The predicted molar refractivity (Wildman–Crippen MR) is 56.5 cm³/mol. The van der Waals surface area contributed by atoms with E-state index in [2.05, 4.69) is 14.9 Å². The molecule has 0 aromatic carbocycles. The Kier molecular flexibility index (Phi) is 2.84. The van der Waals surface area contributed by atoms with E-state index in [1.165, 1.54) is 0 Å². The summed E-state index contributed by atoms with van der Waals surface area (Å²) >= 11 is 5.81. The number of halogens is 1. The Morgan fingerprint density at radius 3 is 3.21 bits per heavy atom. The molecular formula is C9H13ClN4. The first kappa shape index (κ1) is 9.68. The van der Waals surface area contributed by atoms with Crippen molar-refractivity contribution in [1.82, 2.24) is 9.97 Å². The Bertz CT molecular complexity index is 317. The molecule has 14 heavy (non-hydrogen) atoms. The molecule has 1 aliphatic rings. The molecule has 1 saturated heterocycles. The normalized spacial score (nSPS) is 21.6. The summed E-state index contributed by atoms with van der Waals surface area (Å²) in [4.78, 5) is 10.5. The number of hydrogen-bond acceptors (Lipinski definition) is 4. The lowest BCUT2D eigenvalue weighted by atomic mass is 10.2. The standard InChI is InChI=1S/C9H13ClN4/c10-8-3-4-12-9(13-8)14-5-1-2-7(14)6-11/h3-4,7H,1-2,5-6,11H2. The molecule has 0 aliphatic carbocycles. The molecule has 0 spiro atoms. The van der Waals surface area contributed by atoms with Gasteiger partial charge in [0, 0.05) is 25.3 Å². The van der Waals surface area contributed by atoms with Gasteiger partial charge in [0.05, 0.1) is 0 Å². The smallest absolute Gasteiger partial charge is 0.227 e. The highest BCUT2D eigenvalue weighted by molar-refractivity contribution is 6.29. The lowest BCUT2D eigenvalue weighted by molar-refractivity contribution is 0.664. The lowest BCUT2D eigenvalue weighted by Crippen LogP contribution is -2.36. The Morgan fingerprint density at radius 1 is 1.64 bits per heavy atom. The van der Waals surface area contributed by atoms with Crippen molar-refractivity contribution < 1.29 is 0 Å². The van der Waals surface area contributed by atoms with Gasteiger partial charge in [-0.25, -0.2) is 9.97 Å². The molecule has 0 radical (unpaired) electrons. The number of hydrogen-bond donors (Lipinski definition) is 1. The highest BCUT2D eigenvalue weighted by Crippen LogP contribution is 2.22. The van der Waals surface area contributed by atoms with Crippen molar-refractivity contribution in [3.8, 4) is 0 Å². The van der Waals surface area contributed by atoms with Crippen molar-refractivity contribution in [1.29, 1.82) is 0 Å². The van der Waals surface area contributed by atoms with Crippen LogP contribution in [0.25, 0.3) is 0 Å². The van der Waals surface area contributed by atoms with E-state index in [0.29, 0.717) is 23.7 Å². The maximum atomic E-state index is 5.81. The zero-order valence-electron chi connectivity index (χ0n) is 7.86. The Morgan fingerprint density at radius 2 is 2.50 bits per heavy atom. The SMILES string of the molecule is NCC1CCCN1c1nccc(Cl)n1. The van der Waals surface area contributed by atoms with E-state index in [1.807, 2.05) is 0 Å². The molecule has 1 aromatic heterocycles. The summed E-state index contributed by atoms with van der Waals surface area (Å²) in [6, 6.07) is 2.05. The van der Waals surface area contributed by atoms with E-state index < -0.39 is 0 Å². The van der Waals surface area contributed by atoms with Crippen LogP contribution >= 0.6 is 11.6 Å². The number of rotatable bonds is 2. The molecule has 1 unspecified atom stereocenters. The molecule has 1 atom stereocenters. The third kappa shape index (κ3) is 1.81. The van der Waals surface area contributed by atoms with Crippen molar-refractivity contribution in [2.24, 2.45) is 5.73 Å². The average molecular weight is 213 g/mol. The van der Waals surface area contributed by atoms with Gasteiger partial charge in [0.15, 0.2) is 0 Å². The number of nitrogens with two attached hydrogens (primary N) is 1. The molecule has 2 rings (SSSR count). The van der Waals surface area contributed by atoms with Crippen molar-refractivity contribution in [3.63, 3.8) is 0 Å². The second-order valence-corrected chi connectivity index (χ2v) is 3.79. The summed E-state index contributed by atoms with van der Waals surface area (Å²) in [5.41, 5.74) is 5.67. The maximum Gasteiger partial charge on any atom is 0.227 e. The van der Waals surface area contributed by atoms with E-state index >= 15 is 0 Å². The molecule has 5 heteroatoms. The van der Waals surface area contributed by atoms with Crippen LogP contribution in [0.15, 0.2) is 12.3 Å². The molecule has 1 aromatic rings. The summed E-state index contributed by atoms with van der Waals surface area (Å²) in [7, 11) is 0. The van der Waals surface area contributed by atoms with Gasteiger partial charge in [0.25, 0.3) is 0 Å². The fraction of sp³-hybridized carbons (Fsp3) is 0.556. The van der Waals surface area contributed by atoms with Crippen molar-refractivity contribution in [2.75, 3.05) is 18.0 Å². The summed E-state index contributed by atoms with van der Waals surface area (Å²) in [6.45, 7) is 1.62. The first-order valence-corrected chi connectivity index (χ1v) is 5.14. The molecule has 0 saturated carbocycles. The van der Waals surface area contributed by atoms with Crippen molar-refractivity contribution >= 4 is 17.5 Å². The van der Waals surface area contributed by atoms with Gasteiger partial charge in [-0.2, -0.15) is 0 Å². The third-order valence-corrected chi connectivity index (χ3v) is 2.73. The monoisotopic (exact) mass is 212 g/mol. The summed E-state index contributed by atoms with van der Waals surface area (Å²) in [6.07, 6.45) is 3.95. The molecular weight excluding hydrogens is 200 g/mol. The molecule has 1 fully saturated rings. The molecule has 1 aliphatic heterocycles. The highest BCUT2D eigenvalue weighted by atomic mass is 35.5. The van der Waals surface area contributed by atoms with E-state index in [-0.39, 0.29) is 0 Å². The number of anilines is 1. The first-order valence-electron chi connectivity index (χ1n) is 4.76. The second kappa shape index (κ2) is 4.11. The van der Waals surface area contributed by atoms with Crippen LogP contribution in [-0.4, -0.2) is 29.1 Å². The molecule has 0 amide bonds. The lowest BCUT2D eigenvalue weighted by Gasteiger charge is -2.22. The van der Waals surface area contributed by atoms with E-state index in [9.17, 15) is 0 Å². The minimum Gasteiger partial charge on any atom is -0.337 e. The van der Waals surface area contributed by atoms with Crippen LogP contribution in [0.3, 0.4) is 0 Å². The second-order valence-electron chi connectivity index (χ2n) is 3.40. The summed E-state index contributed by atoms with van der Waals surface area (Å²) in [5, 5.41) is 0.484. The van der Waals surface area contributed by atoms with Gasteiger partial charge in [-0.1, -0.05) is 11.6 Å². The Balaban J connectivity index is 2.21. The van der Waals surface area contributed by atoms with Gasteiger partial charge >= 0.3 is 0 Å². The first-order chi connectivity index (χ1) is 6.81. The van der Waals surface area contributed by atoms with Crippen LogP contribution in [0.2, 0.25) is 5.15 Å². The average Bonchev–Trinajstić information content (AvgIpc) is 2.65. The summed E-state index contributed by atoms with van der Waals surface area (Å²) < 4.78 is 0. The van der Waals surface area contributed by atoms with Crippen LogP contribution in [0.4, 0.5) is 5.95 Å². The fourth-order valence-corrected chi connectivity index (χ4v) is 1.94. The van der Waals surface area contributed by atoms with Gasteiger partial charge in [-0.3, -0.25) is 0 Å². The predicted octanol–water partition coefficient (Wildman–Crippen LogP) is 1.06. The van der Waals surface area contributed by atoms with Crippen LogP contribution in [0.1, 0.15) is 12.8 Å². The number of aromatic nitrogens is 2. The minimum atomic E-state index is 0.369. The molecule has 4 nitrogen and oxygen atoms in total. The van der Waals surface area contributed by atoms with Crippen LogP contribution in [-0.2, 0) is 0 Å². The molecule has 2 heterocycles. The van der Waals surface area contributed by atoms with Crippen LogP contribution < -0.4 is 10.6 Å². The van der Waals surface area contributed by atoms with Gasteiger partial charge < -0.3 is 10.6 Å². The quantitative estimate of drug-likeness (QED) is 0.745. The van der Waals surface area contributed by atoms with E-state index in [0.717, 1.165) is 19.4 Å². The molecule has 2 N–H and O–H groups in total. The zero-order chi connectivity index (χ0) is 9.97. The van der Waals surface area contributed by atoms with Gasteiger partial charge in [-0.15, -0.1) is 0 Å². The van der Waals surface area contributed by atoms with Gasteiger partial charge in [-0.05, 0) is 18.9 Å². The highest BCUT2D eigenvalue weighted by Gasteiger charge is 2.25.